The van der Waals surface area contributed by atoms with E-state index in [2.05, 4.69) is 0 Å². The Labute approximate surface area is 115 Å². The van der Waals surface area contributed by atoms with E-state index in [9.17, 15) is 23.4 Å². The van der Waals surface area contributed by atoms with E-state index in [1.54, 1.807) is 24.3 Å². The average Bonchev–Trinajstić information content (AvgIpc) is 3.00. The molecule has 0 amide bonds. The van der Waals surface area contributed by atoms with Crippen LogP contribution in [0.1, 0.15) is 11.5 Å². The lowest BCUT2D eigenvalue weighted by atomic mass is 10.0. The molecule has 0 radical (unpaired) electrons. The monoisotopic (exact) mass is 304 g/mol. The molecule has 104 valence electrons. The van der Waals surface area contributed by atoms with Crippen LogP contribution >= 0.6 is 11.6 Å². The van der Waals surface area contributed by atoms with Gasteiger partial charge >= 0.3 is 5.97 Å². The first-order valence-corrected chi connectivity index (χ1v) is 7.87. The largest absolute Gasteiger partial charge is 0.481 e. The summed E-state index contributed by atoms with van der Waals surface area (Å²) in [5.41, 5.74) is -1.10. The van der Waals surface area contributed by atoms with Crippen LogP contribution in [0.25, 0.3) is 0 Å². The number of carboxylic acids is 1. The van der Waals surface area contributed by atoms with E-state index < -0.39 is 39.0 Å². The molecular weight excluding hydrogens is 292 g/mol. The van der Waals surface area contributed by atoms with Gasteiger partial charge in [-0.3, -0.25) is 4.79 Å². The zero-order valence-corrected chi connectivity index (χ0v) is 11.6. The molecule has 1 fully saturated rings. The van der Waals surface area contributed by atoms with Crippen molar-refractivity contribution in [3.8, 4) is 0 Å². The van der Waals surface area contributed by atoms with Crippen LogP contribution in [-0.4, -0.2) is 42.7 Å². The van der Waals surface area contributed by atoms with Gasteiger partial charge in [0.25, 0.3) is 0 Å². The fourth-order valence-electron chi connectivity index (χ4n) is 2.69. The molecular formula is C12H13ClO5S. The summed E-state index contributed by atoms with van der Waals surface area (Å²) in [5.74, 6) is -2.05. The van der Waals surface area contributed by atoms with Gasteiger partial charge in [0.2, 0.25) is 0 Å². The molecule has 2 rings (SSSR count). The molecule has 1 aromatic carbocycles. The van der Waals surface area contributed by atoms with Gasteiger partial charge in [0.15, 0.2) is 9.84 Å². The number of aliphatic hydroxyl groups is 1. The minimum Gasteiger partial charge on any atom is -0.481 e. The first-order valence-electron chi connectivity index (χ1n) is 5.53. The average molecular weight is 305 g/mol. The second-order valence-corrected chi connectivity index (χ2v) is 7.39. The molecule has 1 aliphatic carbocycles. The Balaban J connectivity index is 2.50. The highest BCUT2D eigenvalue weighted by Crippen LogP contribution is 2.62. The van der Waals surface area contributed by atoms with Gasteiger partial charge in [-0.1, -0.05) is 23.7 Å². The summed E-state index contributed by atoms with van der Waals surface area (Å²) < 4.78 is 23.4. The summed E-state index contributed by atoms with van der Waals surface area (Å²) in [6, 6.07) is 6.31. The van der Waals surface area contributed by atoms with E-state index in [0.29, 0.717) is 10.6 Å². The standard InChI is InChI=1S/C12H13ClO5S/c1-19(17,18)10-9(12(10,6-14)11(15)16)7-2-4-8(13)5-3-7/h2-5,9-10,14H,6H2,1H3,(H,15,16)/t9-,10-,12+/m0/s1. The van der Waals surface area contributed by atoms with Crippen molar-refractivity contribution in [2.75, 3.05) is 12.9 Å². The van der Waals surface area contributed by atoms with Gasteiger partial charge in [-0.05, 0) is 17.7 Å². The lowest BCUT2D eigenvalue weighted by molar-refractivity contribution is -0.145. The van der Waals surface area contributed by atoms with Crippen LogP contribution in [0.3, 0.4) is 0 Å². The number of halogens is 1. The lowest BCUT2D eigenvalue weighted by Crippen LogP contribution is -2.27. The van der Waals surface area contributed by atoms with Crippen molar-refractivity contribution in [1.82, 2.24) is 0 Å². The second kappa shape index (κ2) is 4.47. The molecule has 0 spiro atoms. The third-order valence-corrected chi connectivity index (χ3v) is 5.47. The molecule has 0 bridgehead atoms. The molecule has 1 aromatic rings. The number of benzene rings is 1. The molecule has 2 N–H and O–H groups in total. The van der Waals surface area contributed by atoms with E-state index in [1.807, 2.05) is 0 Å². The normalized spacial score (nSPS) is 30.1. The van der Waals surface area contributed by atoms with Gasteiger partial charge in [-0.2, -0.15) is 0 Å². The SMILES string of the molecule is CS(=O)(=O)[C@H]1[C@H](c2ccc(Cl)cc2)[C@@]1(CO)C(=O)O. The third-order valence-electron chi connectivity index (χ3n) is 3.61. The van der Waals surface area contributed by atoms with Gasteiger partial charge in [-0.15, -0.1) is 0 Å². The van der Waals surface area contributed by atoms with Crippen LogP contribution in [0.15, 0.2) is 24.3 Å². The predicted octanol–water partition coefficient (Wildman–Crippen LogP) is 0.914. The van der Waals surface area contributed by atoms with Gasteiger partial charge in [0, 0.05) is 17.2 Å². The predicted molar refractivity (Wildman–Crippen MR) is 70.0 cm³/mol. The van der Waals surface area contributed by atoms with E-state index in [-0.39, 0.29) is 0 Å². The van der Waals surface area contributed by atoms with Crippen molar-refractivity contribution >= 4 is 27.4 Å². The number of rotatable bonds is 4. The Hall–Kier alpha value is -1.11. The highest BCUT2D eigenvalue weighted by Gasteiger charge is 2.74. The number of carboxylic acid groups (broad SMARTS) is 1. The number of sulfone groups is 1. The summed E-state index contributed by atoms with van der Waals surface area (Å²) in [7, 11) is -3.58. The first kappa shape index (κ1) is 14.3. The second-order valence-electron chi connectivity index (χ2n) is 4.78. The van der Waals surface area contributed by atoms with Crippen molar-refractivity contribution in [3.63, 3.8) is 0 Å². The smallest absolute Gasteiger partial charge is 0.314 e. The number of carbonyl (C=O) groups is 1. The highest BCUT2D eigenvalue weighted by atomic mass is 35.5. The Bertz CT molecular complexity index is 610. The molecule has 0 aromatic heterocycles. The summed E-state index contributed by atoms with van der Waals surface area (Å²) >= 11 is 5.75. The molecule has 1 saturated carbocycles. The molecule has 0 unspecified atom stereocenters. The molecule has 7 heteroatoms. The fourth-order valence-corrected chi connectivity index (χ4v) is 4.71. The fraction of sp³-hybridized carbons (Fsp3) is 0.417. The molecule has 3 atom stereocenters. The first-order chi connectivity index (χ1) is 8.75. The Morgan fingerprint density at radius 1 is 1.37 bits per heavy atom. The van der Waals surface area contributed by atoms with Gasteiger partial charge in [-0.25, -0.2) is 8.42 Å². The molecule has 19 heavy (non-hydrogen) atoms. The highest BCUT2D eigenvalue weighted by molar-refractivity contribution is 7.91. The number of aliphatic carboxylic acids is 1. The number of hydrogen-bond donors (Lipinski definition) is 2. The van der Waals surface area contributed by atoms with Crippen molar-refractivity contribution < 1.29 is 23.4 Å². The van der Waals surface area contributed by atoms with E-state index >= 15 is 0 Å². The van der Waals surface area contributed by atoms with Crippen molar-refractivity contribution in [3.05, 3.63) is 34.9 Å². The van der Waals surface area contributed by atoms with Crippen LogP contribution in [0, 0.1) is 5.41 Å². The topological polar surface area (TPSA) is 91.7 Å². The number of aliphatic hydroxyl groups excluding tert-OH is 1. The minimum atomic E-state index is -3.58. The van der Waals surface area contributed by atoms with Crippen LogP contribution in [-0.2, 0) is 14.6 Å². The maximum absolute atomic E-state index is 11.7. The molecule has 0 heterocycles. The maximum Gasteiger partial charge on any atom is 0.314 e. The summed E-state index contributed by atoms with van der Waals surface area (Å²) in [6.45, 7) is -0.715. The van der Waals surface area contributed by atoms with Crippen molar-refractivity contribution in [2.45, 2.75) is 11.2 Å². The quantitative estimate of drug-likeness (QED) is 0.863. The summed E-state index contributed by atoms with van der Waals surface area (Å²) in [6.07, 6.45) is 0.987. The van der Waals surface area contributed by atoms with E-state index in [0.717, 1.165) is 6.26 Å². The number of hydrogen-bond acceptors (Lipinski definition) is 4. The zero-order chi connectivity index (χ0) is 14.4. The molecule has 0 aliphatic heterocycles. The van der Waals surface area contributed by atoms with Gasteiger partial charge in [0.1, 0.15) is 5.41 Å². The van der Waals surface area contributed by atoms with Crippen LogP contribution in [0.5, 0.6) is 0 Å². The lowest BCUT2D eigenvalue weighted by Gasteiger charge is -2.08. The molecule has 0 saturated heterocycles. The molecule has 5 nitrogen and oxygen atoms in total. The summed E-state index contributed by atoms with van der Waals surface area (Å²) in [4.78, 5) is 11.4. The maximum atomic E-state index is 11.7. The Morgan fingerprint density at radius 3 is 2.21 bits per heavy atom. The third kappa shape index (κ3) is 2.13. The Morgan fingerprint density at radius 2 is 1.89 bits per heavy atom. The van der Waals surface area contributed by atoms with Crippen LogP contribution in [0.2, 0.25) is 5.02 Å². The van der Waals surface area contributed by atoms with Gasteiger partial charge in [0.05, 0.1) is 11.9 Å². The molecule has 1 aliphatic rings. The van der Waals surface area contributed by atoms with Crippen molar-refractivity contribution in [1.29, 1.82) is 0 Å². The van der Waals surface area contributed by atoms with E-state index in [4.69, 9.17) is 11.6 Å². The van der Waals surface area contributed by atoms with Crippen LogP contribution in [0.4, 0.5) is 0 Å². The van der Waals surface area contributed by atoms with Gasteiger partial charge < -0.3 is 10.2 Å². The Kier molecular flexibility index (Phi) is 3.36. The van der Waals surface area contributed by atoms with Crippen molar-refractivity contribution in [2.24, 2.45) is 5.41 Å². The zero-order valence-electron chi connectivity index (χ0n) is 10.1. The minimum absolute atomic E-state index is 0.477. The summed E-state index contributed by atoms with van der Waals surface area (Å²) in [5, 5.41) is 18.0. The van der Waals surface area contributed by atoms with E-state index in [1.165, 1.54) is 0 Å². The van der Waals surface area contributed by atoms with Crippen LogP contribution < -0.4 is 0 Å².